The molecule has 2 amide bonds. The first-order valence-corrected chi connectivity index (χ1v) is 10.0. The van der Waals surface area contributed by atoms with E-state index in [-0.39, 0.29) is 11.8 Å². The molecule has 0 radical (unpaired) electrons. The van der Waals surface area contributed by atoms with Gasteiger partial charge in [-0.2, -0.15) is 0 Å². The van der Waals surface area contributed by atoms with Crippen LogP contribution in [0.5, 0.6) is 0 Å². The number of fused-ring (bicyclic) bond motifs is 1. The fraction of sp³-hybridized carbons (Fsp3) is 0.444. The van der Waals surface area contributed by atoms with Gasteiger partial charge in [0.15, 0.2) is 0 Å². The highest BCUT2D eigenvalue weighted by Crippen LogP contribution is 2.39. The fourth-order valence-electron chi connectivity index (χ4n) is 2.94. The van der Waals surface area contributed by atoms with Crippen molar-refractivity contribution in [1.82, 2.24) is 4.90 Å². The molecular weight excluding hydrogens is 326 g/mol. The zero-order valence-electron chi connectivity index (χ0n) is 13.3. The van der Waals surface area contributed by atoms with E-state index in [4.69, 9.17) is 0 Å². The van der Waals surface area contributed by atoms with Crippen molar-refractivity contribution >= 4 is 34.5 Å². The number of imide groups is 1. The van der Waals surface area contributed by atoms with E-state index in [1.54, 1.807) is 11.3 Å². The molecule has 3 nitrogen and oxygen atoms in total. The minimum atomic E-state index is -0.113. The van der Waals surface area contributed by atoms with Gasteiger partial charge in [0.05, 0.1) is 16.0 Å². The molecule has 0 spiro atoms. The van der Waals surface area contributed by atoms with Crippen molar-refractivity contribution in [3.05, 3.63) is 34.0 Å². The summed E-state index contributed by atoms with van der Waals surface area (Å²) in [5, 5.41) is 3.84. The molecule has 2 aromatic heterocycles. The van der Waals surface area contributed by atoms with Crippen LogP contribution in [0.3, 0.4) is 0 Å². The molecule has 0 fully saturated rings. The van der Waals surface area contributed by atoms with Crippen molar-refractivity contribution in [2.45, 2.75) is 45.4 Å². The van der Waals surface area contributed by atoms with Crippen molar-refractivity contribution < 1.29 is 9.59 Å². The topological polar surface area (TPSA) is 37.4 Å². The van der Waals surface area contributed by atoms with E-state index in [1.807, 2.05) is 22.9 Å². The molecule has 5 heteroatoms. The molecule has 3 heterocycles. The summed E-state index contributed by atoms with van der Waals surface area (Å²) in [6.45, 7) is 2.75. The fourth-order valence-corrected chi connectivity index (χ4v) is 4.85. The number of unbranched alkanes of at least 4 members (excludes halogenated alkanes) is 5. The van der Waals surface area contributed by atoms with Crippen LogP contribution in [0.15, 0.2) is 22.9 Å². The van der Waals surface area contributed by atoms with Crippen LogP contribution in [0.1, 0.15) is 66.2 Å². The predicted octanol–water partition coefficient (Wildman–Crippen LogP) is 5.43. The Hall–Kier alpha value is -1.46. The maximum absolute atomic E-state index is 12.7. The number of rotatable bonds is 8. The summed E-state index contributed by atoms with van der Waals surface area (Å²) in [5.41, 5.74) is 1.21. The first kappa shape index (κ1) is 16.4. The maximum Gasteiger partial charge on any atom is 0.263 e. The molecule has 1 aliphatic rings. The van der Waals surface area contributed by atoms with Crippen molar-refractivity contribution in [3.8, 4) is 9.75 Å². The molecule has 0 atom stereocenters. The van der Waals surface area contributed by atoms with E-state index in [0.29, 0.717) is 17.7 Å². The Bertz CT molecular complexity index is 688. The van der Waals surface area contributed by atoms with E-state index in [2.05, 4.69) is 6.92 Å². The molecular formula is C18H21NO2S2. The van der Waals surface area contributed by atoms with Gasteiger partial charge in [0.2, 0.25) is 0 Å². The smallest absolute Gasteiger partial charge is 0.263 e. The third kappa shape index (κ3) is 3.26. The largest absolute Gasteiger partial charge is 0.274 e. The van der Waals surface area contributed by atoms with Gasteiger partial charge in [-0.05, 0) is 17.9 Å². The van der Waals surface area contributed by atoms with Gasteiger partial charge in [-0.15, -0.1) is 22.7 Å². The molecule has 0 N–H and O–H groups in total. The Balaban J connectivity index is 1.65. The molecule has 23 heavy (non-hydrogen) atoms. The van der Waals surface area contributed by atoms with Crippen LogP contribution < -0.4 is 0 Å². The van der Waals surface area contributed by atoms with Crippen molar-refractivity contribution in [1.29, 1.82) is 0 Å². The number of hydrogen-bond acceptors (Lipinski definition) is 4. The quantitative estimate of drug-likeness (QED) is 0.471. The second-order valence-corrected chi connectivity index (χ2v) is 7.69. The molecule has 0 saturated carbocycles. The van der Waals surface area contributed by atoms with Crippen LogP contribution >= 0.6 is 22.7 Å². The molecule has 2 aromatic rings. The monoisotopic (exact) mass is 347 g/mol. The van der Waals surface area contributed by atoms with Gasteiger partial charge < -0.3 is 0 Å². The average Bonchev–Trinajstić information content (AvgIpc) is 3.25. The number of amides is 2. The third-order valence-electron chi connectivity index (χ3n) is 4.21. The maximum atomic E-state index is 12.7. The van der Waals surface area contributed by atoms with Crippen molar-refractivity contribution in [3.63, 3.8) is 0 Å². The summed E-state index contributed by atoms with van der Waals surface area (Å²) in [6.07, 6.45) is 6.92. The predicted molar refractivity (Wildman–Crippen MR) is 96.4 cm³/mol. The van der Waals surface area contributed by atoms with Crippen molar-refractivity contribution in [2.75, 3.05) is 6.54 Å². The Morgan fingerprint density at radius 1 is 1.00 bits per heavy atom. The second-order valence-electron chi connectivity index (χ2n) is 5.86. The molecule has 1 aliphatic heterocycles. The number of carbonyl (C=O) groups is 2. The lowest BCUT2D eigenvalue weighted by Gasteiger charge is -2.14. The Labute approximate surface area is 144 Å². The first-order valence-electron chi connectivity index (χ1n) is 8.25. The minimum absolute atomic E-state index is 0.108. The van der Waals surface area contributed by atoms with E-state index in [1.165, 1.54) is 41.9 Å². The molecule has 0 bridgehead atoms. The summed E-state index contributed by atoms with van der Waals surface area (Å²) in [7, 11) is 0. The number of hydrogen-bond donors (Lipinski definition) is 0. The molecule has 0 unspecified atom stereocenters. The molecule has 0 aliphatic carbocycles. The number of carbonyl (C=O) groups excluding carboxylic acids is 2. The Kier molecular flexibility index (Phi) is 5.28. The zero-order valence-corrected chi connectivity index (χ0v) is 15.0. The standard InChI is InChI=1S/C18H21NO2S2/c1-2-3-4-5-6-7-10-19-17(20)13-12-23-16(15(13)18(19)21)14-9-8-11-22-14/h8-9,11-12H,2-7,10H2,1H3. The van der Waals surface area contributed by atoms with Crippen LogP contribution in [0, 0.1) is 0 Å². The van der Waals surface area contributed by atoms with Gasteiger partial charge in [0, 0.05) is 16.8 Å². The Morgan fingerprint density at radius 3 is 2.52 bits per heavy atom. The molecule has 0 saturated heterocycles. The lowest BCUT2D eigenvalue weighted by molar-refractivity contribution is 0.0651. The molecule has 122 valence electrons. The van der Waals surface area contributed by atoms with Gasteiger partial charge in [-0.3, -0.25) is 14.5 Å². The molecule has 3 rings (SSSR count). The van der Waals surface area contributed by atoms with E-state index in [0.717, 1.165) is 22.6 Å². The van der Waals surface area contributed by atoms with Gasteiger partial charge in [-0.25, -0.2) is 0 Å². The highest BCUT2D eigenvalue weighted by Gasteiger charge is 2.38. The molecule has 0 aromatic carbocycles. The van der Waals surface area contributed by atoms with Crippen molar-refractivity contribution in [2.24, 2.45) is 0 Å². The lowest BCUT2D eigenvalue weighted by atomic mass is 10.1. The summed E-state index contributed by atoms with van der Waals surface area (Å²) in [6, 6.07) is 3.98. The summed E-state index contributed by atoms with van der Waals surface area (Å²) >= 11 is 3.11. The van der Waals surface area contributed by atoms with E-state index < -0.39 is 0 Å². The average molecular weight is 348 g/mol. The van der Waals surface area contributed by atoms with Gasteiger partial charge >= 0.3 is 0 Å². The van der Waals surface area contributed by atoms with Crippen LogP contribution in [0.4, 0.5) is 0 Å². The zero-order chi connectivity index (χ0) is 16.2. The van der Waals surface area contributed by atoms with Gasteiger partial charge in [0.1, 0.15) is 0 Å². The van der Waals surface area contributed by atoms with Crippen LogP contribution in [0.25, 0.3) is 9.75 Å². The number of thiophene rings is 2. The summed E-state index contributed by atoms with van der Waals surface area (Å²) in [4.78, 5) is 28.6. The highest BCUT2D eigenvalue weighted by molar-refractivity contribution is 7.21. The van der Waals surface area contributed by atoms with E-state index in [9.17, 15) is 9.59 Å². The SMILES string of the molecule is CCCCCCCCN1C(=O)c2csc(-c3cccs3)c2C1=O. The van der Waals surface area contributed by atoms with Gasteiger partial charge in [-0.1, -0.05) is 45.1 Å². The van der Waals surface area contributed by atoms with Gasteiger partial charge in [0.25, 0.3) is 11.8 Å². The Morgan fingerprint density at radius 2 is 1.78 bits per heavy atom. The van der Waals surface area contributed by atoms with Crippen LogP contribution in [0.2, 0.25) is 0 Å². The minimum Gasteiger partial charge on any atom is -0.274 e. The lowest BCUT2D eigenvalue weighted by Crippen LogP contribution is -2.30. The first-order chi connectivity index (χ1) is 11.2. The van der Waals surface area contributed by atoms with Crippen LogP contribution in [-0.2, 0) is 0 Å². The third-order valence-corrected chi connectivity index (χ3v) is 6.24. The van der Waals surface area contributed by atoms with E-state index >= 15 is 0 Å². The second kappa shape index (κ2) is 7.41. The normalized spacial score (nSPS) is 13.9. The number of nitrogens with zero attached hydrogens (tertiary/aromatic N) is 1. The summed E-state index contributed by atoms with van der Waals surface area (Å²) < 4.78 is 0. The van der Waals surface area contributed by atoms with Crippen LogP contribution in [-0.4, -0.2) is 23.3 Å². The highest BCUT2D eigenvalue weighted by atomic mass is 32.1. The summed E-state index contributed by atoms with van der Waals surface area (Å²) in [5.74, 6) is -0.221.